The predicted molar refractivity (Wildman–Crippen MR) is 44.4 cm³/mol. The average Bonchev–Trinajstić information content (AvgIpc) is 1.88. The molecule has 1 rings (SSSR count). The molecule has 0 radical (unpaired) electrons. The lowest BCUT2D eigenvalue weighted by Gasteiger charge is -2.05. The number of allylic oxidation sites excluding steroid dienone is 5. The van der Waals surface area contributed by atoms with Gasteiger partial charge in [-0.25, -0.2) is 0 Å². The number of hydrogen-bond donors (Lipinski definition) is 1. The predicted octanol–water partition coefficient (Wildman–Crippen LogP) is 2.13. The maximum Gasteiger partial charge on any atom is -0.00565 e. The van der Waals surface area contributed by atoms with E-state index >= 15 is 0 Å². The molecule has 0 aromatic rings. The first-order valence-electron chi connectivity index (χ1n) is 3.58. The molecular weight excluding hydrogens is 122 g/mol. The van der Waals surface area contributed by atoms with Gasteiger partial charge in [-0.2, -0.15) is 0 Å². The third kappa shape index (κ3) is 1.76. The van der Waals surface area contributed by atoms with Crippen LogP contribution in [0.5, 0.6) is 0 Å². The van der Waals surface area contributed by atoms with E-state index < -0.39 is 0 Å². The molecule has 1 heteroatoms. The highest BCUT2D eigenvalue weighted by atomic mass is 14.5. The fourth-order valence-electron chi connectivity index (χ4n) is 1.11. The van der Waals surface area contributed by atoms with Crippen molar-refractivity contribution in [3.63, 3.8) is 0 Å². The van der Waals surface area contributed by atoms with E-state index in [1.807, 2.05) is 6.08 Å². The SMILES string of the molecule is CC1=CC(/C=C\N)=CCC1. The molecule has 0 heterocycles. The van der Waals surface area contributed by atoms with Gasteiger partial charge in [0.2, 0.25) is 0 Å². The van der Waals surface area contributed by atoms with Gasteiger partial charge >= 0.3 is 0 Å². The van der Waals surface area contributed by atoms with Crippen LogP contribution in [0.25, 0.3) is 0 Å². The molecule has 0 bridgehead atoms. The van der Waals surface area contributed by atoms with Crippen molar-refractivity contribution in [2.24, 2.45) is 5.73 Å². The zero-order valence-corrected chi connectivity index (χ0v) is 6.30. The molecule has 1 aliphatic rings. The first-order valence-corrected chi connectivity index (χ1v) is 3.58. The molecule has 0 aromatic heterocycles. The summed E-state index contributed by atoms with van der Waals surface area (Å²) >= 11 is 0. The van der Waals surface area contributed by atoms with Crippen molar-refractivity contribution in [1.29, 1.82) is 0 Å². The second-order valence-corrected chi connectivity index (χ2v) is 2.59. The Morgan fingerprint density at radius 1 is 1.60 bits per heavy atom. The molecule has 0 amide bonds. The Bertz CT molecular complexity index is 197. The van der Waals surface area contributed by atoms with Crippen LogP contribution < -0.4 is 5.73 Å². The van der Waals surface area contributed by atoms with E-state index in [0.717, 1.165) is 6.42 Å². The second-order valence-electron chi connectivity index (χ2n) is 2.59. The summed E-state index contributed by atoms with van der Waals surface area (Å²) in [7, 11) is 0. The van der Waals surface area contributed by atoms with Crippen molar-refractivity contribution in [3.05, 3.63) is 35.6 Å². The van der Waals surface area contributed by atoms with Crippen LogP contribution in [-0.2, 0) is 0 Å². The number of hydrogen-bond acceptors (Lipinski definition) is 1. The van der Waals surface area contributed by atoms with Gasteiger partial charge in [0.05, 0.1) is 0 Å². The van der Waals surface area contributed by atoms with Crippen LogP contribution in [0.3, 0.4) is 0 Å². The van der Waals surface area contributed by atoms with Crippen LogP contribution >= 0.6 is 0 Å². The minimum absolute atomic E-state index is 1.15. The van der Waals surface area contributed by atoms with Crippen molar-refractivity contribution in [1.82, 2.24) is 0 Å². The number of rotatable bonds is 1. The van der Waals surface area contributed by atoms with E-state index in [1.165, 1.54) is 17.6 Å². The maximum atomic E-state index is 5.25. The van der Waals surface area contributed by atoms with Crippen LogP contribution in [0.4, 0.5) is 0 Å². The van der Waals surface area contributed by atoms with Gasteiger partial charge in [0, 0.05) is 0 Å². The highest BCUT2D eigenvalue weighted by molar-refractivity contribution is 5.35. The summed E-state index contributed by atoms with van der Waals surface area (Å²) in [6, 6.07) is 0. The van der Waals surface area contributed by atoms with Gasteiger partial charge < -0.3 is 5.73 Å². The van der Waals surface area contributed by atoms with Crippen LogP contribution in [-0.4, -0.2) is 0 Å². The van der Waals surface area contributed by atoms with Gasteiger partial charge in [-0.3, -0.25) is 0 Å². The molecule has 0 unspecified atom stereocenters. The second kappa shape index (κ2) is 3.25. The molecule has 0 saturated carbocycles. The van der Waals surface area contributed by atoms with Gasteiger partial charge in [0.25, 0.3) is 0 Å². The first kappa shape index (κ1) is 7.13. The van der Waals surface area contributed by atoms with Crippen LogP contribution in [0.2, 0.25) is 0 Å². The summed E-state index contributed by atoms with van der Waals surface area (Å²) in [6.07, 6.45) is 10.2. The molecule has 0 saturated heterocycles. The lowest BCUT2D eigenvalue weighted by molar-refractivity contribution is 0.952. The fraction of sp³-hybridized carbons (Fsp3) is 0.333. The van der Waals surface area contributed by atoms with Gasteiger partial charge in [0.15, 0.2) is 0 Å². The molecule has 54 valence electrons. The first-order chi connectivity index (χ1) is 4.83. The van der Waals surface area contributed by atoms with E-state index in [4.69, 9.17) is 5.73 Å². The topological polar surface area (TPSA) is 26.0 Å². The zero-order chi connectivity index (χ0) is 7.40. The largest absolute Gasteiger partial charge is 0.405 e. The summed E-state index contributed by atoms with van der Waals surface area (Å²) in [5, 5.41) is 0. The molecular formula is C9H13N. The molecule has 0 fully saturated rings. The van der Waals surface area contributed by atoms with Gasteiger partial charge in [-0.05, 0) is 37.6 Å². The average molecular weight is 135 g/mol. The molecule has 1 aliphatic carbocycles. The van der Waals surface area contributed by atoms with Gasteiger partial charge in [0.1, 0.15) is 0 Å². The van der Waals surface area contributed by atoms with E-state index in [0.29, 0.717) is 0 Å². The van der Waals surface area contributed by atoms with Crippen LogP contribution in [0.15, 0.2) is 35.6 Å². The lowest BCUT2D eigenvalue weighted by atomic mass is 10.0. The van der Waals surface area contributed by atoms with Gasteiger partial charge in [-0.15, -0.1) is 0 Å². The Balaban J connectivity index is 2.69. The molecule has 0 aliphatic heterocycles. The van der Waals surface area contributed by atoms with Gasteiger partial charge in [-0.1, -0.05) is 17.7 Å². The minimum atomic E-state index is 1.15. The van der Waals surface area contributed by atoms with Crippen molar-refractivity contribution < 1.29 is 0 Å². The third-order valence-electron chi connectivity index (χ3n) is 1.62. The highest BCUT2D eigenvalue weighted by Gasteiger charge is 1.96. The van der Waals surface area contributed by atoms with E-state index in [1.54, 1.807) is 6.20 Å². The normalized spacial score (nSPS) is 18.9. The zero-order valence-electron chi connectivity index (χ0n) is 6.30. The summed E-state index contributed by atoms with van der Waals surface area (Å²) in [6.45, 7) is 2.15. The van der Waals surface area contributed by atoms with Crippen molar-refractivity contribution in [2.45, 2.75) is 19.8 Å². The standard InChI is InChI=1S/C9H13N/c1-8-3-2-4-9(7-8)5-6-10/h4-7H,2-3,10H2,1H3/b6-5-. The van der Waals surface area contributed by atoms with Crippen molar-refractivity contribution in [3.8, 4) is 0 Å². The summed E-state index contributed by atoms with van der Waals surface area (Å²) in [4.78, 5) is 0. The Labute approximate surface area is 61.9 Å². The Morgan fingerprint density at radius 3 is 3.00 bits per heavy atom. The van der Waals surface area contributed by atoms with Crippen LogP contribution in [0, 0.1) is 0 Å². The van der Waals surface area contributed by atoms with Crippen molar-refractivity contribution in [2.75, 3.05) is 0 Å². The smallest absolute Gasteiger partial charge is 0.00565 e. The quantitative estimate of drug-likeness (QED) is 0.585. The fourth-order valence-corrected chi connectivity index (χ4v) is 1.11. The lowest BCUT2D eigenvalue weighted by Crippen LogP contribution is -1.87. The molecule has 2 N–H and O–H groups in total. The summed E-state index contributed by atoms with van der Waals surface area (Å²) < 4.78 is 0. The molecule has 0 aromatic carbocycles. The molecule has 0 atom stereocenters. The van der Waals surface area contributed by atoms with Crippen molar-refractivity contribution >= 4 is 0 Å². The summed E-state index contributed by atoms with van der Waals surface area (Å²) in [5.74, 6) is 0. The Kier molecular flexibility index (Phi) is 2.32. The van der Waals surface area contributed by atoms with E-state index in [2.05, 4.69) is 19.1 Å². The highest BCUT2D eigenvalue weighted by Crippen LogP contribution is 2.16. The maximum absolute atomic E-state index is 5.25. The summed E-state index contributed by atoms with van der Waals surface area (Å²) in [5.41, 5.74) is 7.94. The van der Waals surface area contributed by atoms with Crippen LogP contribution in [0.1, 0.15) is 19.8 Å². The monoisotopic (exact) mass is 135 g/mol. The minimum Gasteiger partial charge on any atom is -0.405 e. The van der Waals surface area contributed by atoms with E-state index in [-0.39, 0.29) is 0 Å². The Hall–Kier alpha value is -0.980. The molecule has 1 nitrogen and oxygen atoms in total. The van der Waals surface area contributed by atoms with E-state index in [9.17, 15) is 0 Å². The number of nitrogens with two attached hydrogens (primary N) is 1. The molecule has 0 spiro atoms. The third-order valence-corrected chi connectivity index (χ3v) is 1.62. The Morgan fingerprint density at radius 2 is 2.40 bits per heavy atom. The molecule has 10 heavy (non-hydrogen) atoms.